The van der Waals surface area contributed by atoms with Gasteiger partial charge in [-0.05, 0) is 13.0 Å². The summed E-state index contributed by atoms with van der Waals surface area (Å²) in [5.41, 5.74) is 0.808. The van der Waals surface area contributed by atoms with Gasteiger partial charge in [-0.2, -0.15) is 0 Å². The van der Waals surface area contributed by atoms with Gasteiger partial charge in [-0.1, -0.05) is 0 Å². The van der Waals surface area contributed by atoms with Gasteiger partial charge in [-0.3, -0.25) is 0 Å². The average molecular weight is 207 g/mol. The van der Waals surface area contributed by atoms with Crippen molar-refractivity contribution in [2.45, 2.75) is 13.5 Å². The molecule has 2 heterocycles. The summed E-state index contributed by atoms with van der Waals surface area (Å²) in [6.45, 7) is 1.87. The molecule has 0 aliphatic rings. The van der Waals surface area contributed by atoms with E-state index in [-0.39, 0.29) is 6.61 Å². The predicted molar refractivity (Wildman–Crippen MR) is 53.8 cm³/mol. The Kier molecular flexibility index (Phi) is 2.51. The van der Waals surface area contributed by atoms with Crippen molar-refractivity contribution in [3.8, 4) is 10.7 Å². The molecule has 0 aliphatic heterocycles. The van der Waals surface area contributed by atoms with Crippen LogP contribution in [0.2, 0.25) is 0 Å². The third-order valence-corrected chi connectivity index (χ3v) is 2.71. The number of nitrogens with zero attached hydrogens (tertiary/aromatic N) is 3. The summed E-state index contributed by atoms with van der Waals surface area (Å²) in [7, 11) is 0. The van der Waals surface area contributed by atoms with Crippen LogP contribution in [0.25, 0.3) is 10.7 Å². The molecule has 0 spiro atoms. The number of aliphatic hydroxyl groups excluding tert-OH is 1. The van der Waals surface area contributed by atoms with E-state index in [4.69, 9.17) is 5.11 Å². The van der Waals surface area contributed by atoms with Crippen molar-refractivity contribution in [1.82, 2.24) is 15.0 Å². The average Bonchev–Trinajstić information content (AvgIpc) is 2.66. The normalized spacial score (nSPS) is 10.4. The standard InChI is InChI=1S/C9H9N3OS/c1-6-10-3-2-8(12-6)9-11-4-7(5-13)14-9/h2-4,13H,5H2,1H3. The maximum atomic E-state index is 8.89. The van der Waals surface area contributed by atoms with E-state index in [1.807, 2.05) is 13.0 Å². The molecule has 0 atom stereocenters. The zero-order valence-corrected chi connectivity index (χ0v) is 8.45. The van der Waals surface area contributed by atoms with Crippen LogP contribution in [0.1, 0.15) is 10.7 Å². The minimum absolute atomic E-state index is 0.0295. The number of hydrogen-bond acceptors (Lipinski definition) is 5. The van der Waals surface area contributed by atoms with Crippen LogP contribution in [0, 0.1) is 6.92 Å². The molecule has 0 saturated heterocycles. The minimum Gasteiger partial charge on any atom is -0.391 e. The van der Waals surface area contributed by atoms with Gasteiger partial charge in [0.15, 0.2) is 0 Å². The van der Waals surface area contributed by atoms with E-state index in [1.165, 1.54) is 11.3 Å². The summed E-state index contributed by atoms with van der Waals surface area (Å²) in [6, 6.07) is 1.81. The summed E-state index contributed by atoms with van der Waals surface area (Å²) in [5, 5.41) is 9.71. The Labute approximate surface area is 85.3 Å². The molecule has 2 aromatic heterocycles. The van der Waals surface area contributed by atoms with Crippen molar-refractivity contribution in [3.63, 3.8) is 0 Å². The fraction of sp³-hybridized carbons (Fsp3) is 0.222. The van der Waals surface area contributed by atoms with Crippen LogP contribution in [0.15, 0.2) is 18.5 Å². The Bertz CT molecular complexity index is 441. The van der Waals surface area contributed by atoms with Gasteiger partial charge in [-0.25, -0.2) is 15.0 Å². The predicted octanol–water partition coefficient (Wildman–Crippen LogP) is 1.40. The SMILES string of the molecule is Cc1nccc(-c2ncc(CO)s2)n1. The number of rotatable bonds is 2. The Balaban J connectivity index is 2.39. The first kappa shape index (κ1) is 9.23. The van der Waals surface area contributed by atoms with Gasteiger partial charge >= 0.3 is 0 Å². The summed E-state index contributed by atoms with van der Waals surface area (Å²) in [4.78, 5) is 13.3. The Morgan fingerprint density at radius 2 is 2.29 bits per heavy atom. The van der Waals surface area contributed by atoms with Crippen LogP contribution in [0.5, 0.6) is 0 Å². The molecule has 0 fully saturated rings. The number of aliphatic hydroxyl groups is 1. The lowest BCUT2D eigenvalue weighted by atomic mass is 10.4. The second-order valence-corrected chi connectivity index (χ2v) is 3.89. The van der Waals surface area contributed by atoms with Gasteiger partial charge in [0.2, 0.25) is 0 Å². The van der Waals surface area contributed by atoms with Crippen LogP contribution in [0.3, 0.4) is 0 Å². The molecule has 0 radical (unpaired) electrons. The van der Waals surface area contributed by atoms with E-state index in [0.29, 0.717) is 0 Å². The van der Waals surface area contributed by atoms with Crippen molar-refractivity contribution in [2.75, 3.05) is 0 Å². The van der Waals surface area contributed by atoms with Gasteiger partial charge < -0.3 is 5.11 Å². The number of thiazole rings is 1. The second kappa shape index (κ2) is 3.81. The molecular weight excluding hydrogens is 198 g/mol. The van der Waals surface area contributed by atoms with Gasteiger partial charge in [0.05, 0.1) is 11.5 Å². The summed E-state index contributed by atoms with van der Waals surface area (Å²) in [5.74, 6) is 0.725. The molecule has 0 bridgehead atoms. The maximum Gasteiger partial charge on any atom is 0.142 e. The molecular formula is C9H9N3OS. The summed E-state index contributed by atoms with van der Waals surface area (Å²) < 4.78 is 0. The molecule has 0 unspecified atom stereocenters. The quantitative estimate of drug-likeness (QED) is 0.808. The lowest BCUT2D eigenvalue weighted by molar-refractivity contribution is 0.285. The third-order valence-electron chi connectivity index (χ3n) is 1.70. The summed E-state index contributed by atoms with van der Waals surface area (Å²) in [6.07, 6.45) is 3.37. The van der Waals surface area contributed by atoms with Crippen molar-refractivity contribution < 1.29 is 5.11 Å². The van der Waals surface area contributed by atoms with E-state index >= 15 is 0 Å². The first-order chi connectivity index (χ1) is 6.79. The van der Waals surface area contributed by atoms with E-state index < -0.39 is 0 Å². The molecule has 0 amide bonds. The van der Waals surface area contributed by atoms with Gasteiger partial charge in [0.25, 0.3) is 0 Å². The smallest absolute Gasteiger partial charge is 0.142 e. The highest BCUT2D eigenvalue weighted by molar-refractivity contribution is 7.14. The molecule has 2 aromatic rings. The minimum atomic E-state index is 0.0295. The topological polar surface area (TPSA) is 58.9 Å². The Hall–Kier alpha value is -1.33. The molecule has 4 nitrogen and oxygen atoms in total. The van der Waals surface area contributed by atoms with Gasteiger partial charge in [0.1, 0.15) is 16.5 Å². The van der Waals surface area contributed by atoms with Crippen LogP contribution in [-0.2, 0) is 6.61 Å². The molecule has 0 aromatic carbocycles. The van der Waals surface area contributed by atoms with Crippen LogP contribution in [-0.4, -0.2) is 20.1 Å². The number of hydrogen-bond donors (Lipinski definition) is 1. The first-order valence-corrected chi connectivity index (χ1v) is 4.97. The highest BCUT2D eigenvalue weighted by atomic mass is 32.1. The highest BCUT2D eigenvalue weighted by Gasteiger charge is 2.05. The zero-order valence-electron chi connectivity index (χ0n) is 7.64. The lowest BCUT2D eigenvalue weighted by Crippen LogP contribution is -1.88. The Morgan fingerprint density at radius 1 is 1.43 bits per heavy atom. The van der Waals surface area contributed by atoms with E-state index in [0.717, 1.165) is 21.4 Å². The van der Waals surface area contributed by atoms with Gasteiger partial charge in [-0.15, -0.1) is 11.3 Å². The van der Waals surface area contributed by atoms with Crippen LogP contribution in [0.4, 0.5) is 0 Å². The third kappa shape index (κ3) is 1.78. The largest absolute Gasteiger partial charge is 0.391 e. The van der Waals surface area contributed by atoms with Crippen molar-refractivity contribution in [3.05, 3.63) is 29.2 Å². The van der Waals surface area contributed by atoms with E-state index in [9.17, 15) is 0 Å². The zero-order chi connectivity index (χ0) is 9.97. The fourth-order valence-electron chi connectivity index (χ4n) is 1.07. The Morgan fingerprint density at radius 3 is 2.93 bits per heavy atom. The monoisotopic (exact) mass is 207 g/mol. The maximum absolute atomic E-state index is 8.89. The molecule has 5 heteroatoms. The van der Waals surface area contributed by atoms with Gasteiger partial charge in [0, 0.05) is 12.4 Å². The second-order valence-electron chi connectivity index (χ2n) is 2.78. The number of aryl methyl sites for hydroxylation is 1. The van der Waals surface area contributed by atoms with Crippen molar-refractivity contribution in [1.29, 1.82) is 0 Å². The number of aromatic nitrogens is 3. The van der Waals surface area contributed by atoms with E-state index in [1.54, 1.807) is 12.4 Å². The molecule has 2 rings (SSSR count). The molecule has 72 valence electrons. The molecule has 0 aliphatic carbocycles. The highest BCUT2D eigenvalue weighted by Crippen LogP contribution is 2.22. The van der Waals surface area contributed by atoms with Crippen molar-refractivity contribution >= 4 is 11.3 Å². The van der Waals surface area contributed by atoms with Crippen LogP contribution < -0.4 is 0 Å². The first-order valence-electron chi connectivity index (χ1n) is 4.15. The molecule has 0 saturated carbocycles. The molecule has 1 N–H and O–H groups in total. The lowest BCUT2D eigenvalue weighted by Gasteiger charge is -1.95. The summed E-state index contributed by atoms with van der Waals surface area (Å²) >= 11 is 1.44. The van der Waals surface area contributed by atoms with Crippen molar-refractivity contribution in [2.24, 2.45) is 0 Å². The molecule has 14 heavy (non-hydrogen) atoms. The fourth-order valence-corrected chi connectivity index (χ4v) is 1.82. The van der Waals surface area contributed by atoms with Crippen LogP contribution >= 0.6 is 11.3 Å². The van der Waals surface area contributed by atoms with E-state index in [2.05, 4.69) is 15.0 Å².